The van der Waals surface area contributed by atoms with E-state index in [0.29, 0.717) is 31.0 Å². The molecular weight excluding hydrogens is 535 g/mol. The van der Waals surface area contributed by atoms with E-state index in [1.165, 1.54) is 12.1 Å². The van der Waals surface area contributed by atoms with Gasteiger partial charge in [0.25, 0.3) is 5.56 Å². The number of benzene rings is 2. The molecule has 0 aliphatic heterocycles. The minimum atomic E-state index is -1.04. The van der Waals surface area contributed by atoms with E-state index in [1.54, 1.807) is 6.07 Å². The van der Waals surface area contributed by atoms with Crippen LogP contribution in [0.3, 0.4) is 0 Å². The fourth-order valence-corrected chi connectivity index (χ4v) is 5.51. The van der Waals surface area contributed by atoms with Crippen LogP contribution in [0.5, 0.6) is 0 Å². The number of pyridine rings is 1. The maximum atomic E-state index is 15.4. The molecule has 2 N–H and O–H groups in total. The Balaban J connectivity index is 1.40. The van der Waals surface area contributed by atoms with Crippen molar-refractivity contribution in [1.82, 2.24) is 14.7 Å². The Morgan fingerprint density at radius 2 is 1.76 bits per heavy atom. The second-order valence-electron chi connectivity index (χ2n) is 11.1. The van der Waals surface area contributed by atoms with E-state index in [2.05, 4.69) is 10.3 Å². The van der Waals surface area contributed by atoms with Crippen LogP contribution in [-0.2, 0) is 16.0 Å². The number of imidazole rings is 1. The van der Waals surface area contributed by atoms with E-state index in [0.717, 1.165) is 48.3 Å². The summed E-state index contributed by atoms with van der Waals surface area (Å²) in [5.74, 6) is -3.33. The van der Waals surface area contributed by atoms with Gasteiger partial charge >= 0.3 is 5.97 Å². The molecule has 1 aliphatic carbocycles. The Hall–Kier alpha value is -3.92. The van der Waals surface area contributed by atoms with Crippen molar-refractivity contribution in [2.24, 2.45) is 5.92 Å². The first kappa shape index (κ1) is 28.6. The molecule has 0 saturated heterocycles. The number of fused-ring (bicyclic) bond motifs is 3. The number of hydrogen-bond acceptors (Lipinski definition) is 5. The van der Waals surface area contributed by atoms with Crippen molar-refractivity contribution in [3.63, 3.8) is 0 Å². The van der Waals surface area contributed by atoms with E-state index in [4.69, 9.17) is 4.74 Å². The van der Waals surface area contributed by atoms with Crippen LogP contribution in [0.4, 0.5) is 13.2 Å². The molecular formula is C31H32F3N3O4. The lowest BCUT2D eigenvalue weighted by atomic mass is 10.0. The summed E-state index contributed by atoms with van der Waals surface area (Å²) in [6.45, 7) is 4.44. The molecule has 0 amide bonds. The normalized spacial score (nSPS) is 14.8. The Bertz CT molecular complexity index is 1670. The third-order valence-electron chi connectivity index (χ3n) is 7.49. The minimum Gasteiger partial charge on any atom is -0.461 e. The highest BCUT2D eigenvalue weighted by atomic mass is 19.1. The predicted octanol–water partition coefficient (Wildman–Crippen LogP) is 5.46. The largest absolute Gasteiger partial charge is 0.461 e. The van der Waals surface area contributed by atoms with Crippen molar-refractivity contribution < 1.29 is 27.5 Å². The Kier molecular flexibility index (Phi) is 8.30. The van der Waals surface area contributed by atoms with Crippen LogP contribution in [0.25, 0.3) is 16.7 Å². The van der Waals surface area contributed by atoms with E-state index in [9.17, 15) is 23.2 Å². The molecule has 1 saturated carbocycles. The number of aromatic nitrogens is 2. The molecule has 0 radical (unpaired) electrons. The molecule has 0 unspecified atom stereocenters. The zero-order chi connectivity index (χ0) is 29.3. The van der Waals surface area contributed by atoms with Crippen LogP contribution in [-0.4, -0.2) is 39.8 Å². The highest BCUT2D eigenvalue weighted by Gasteiger charge is 2.26. The van der Waals surface area contributed by atoms with E-state index < -0.39 is 34.8 Å². The molecule has 1 fully saturated rings. The van der Waals surface area contributed by atoms with Gasteiger partial charge in [-0.1, -0.05) is 13.8 Å². The highest BCUT2D eigenvalue weighted by Crippen LogP contribution is 2.25. The number of rotatable bonds is 10. The van der Waals surface area contributed by atoms with Gasteiger partial charge in [-0.25, -0.2) is 13.2 Å². The van der Waals surface area contributed by atoms with Gasteiger partial charge in [-0.05, 0) is 86.9 Å². The molecule has 41 heavy (non-hydrogen) atoms. The van der Waals surface area contributed by atoms with Gasteiger partial charge in [0.2, 0.25) is 0 Å². The molecule has 10 heteroatoms. The van der Waals surface area contributed by atoms with Crippen LogP contribution in [0.1, 0.15) is 67.4 Å². The smallest absolute Gasteiger partial charge is 0.323 e. The zero-order valence-corrected chi connectivity index (χ0v) is 22.9. The fourth-order valence-electron chi connectivity index (χ4n) is 5.51. The van der Waals surface area contributed by atoms with E-state index in [1.807, 2.05) is 13.8 Å². The molecule has 4 aromatic rings. The van der Waals surface area contributed by atoms with Crippen LogP contribution in [0.15, 0.2) is 47.3 Å². The van der Waals surface area contributed by atoms with Gasteiger partial charge in [0, 0.05) is 12.1 Å². The van der Waals surface area contributed by atoms with Gasteiger partial charge in [0.05, 0.1) is 16.6 Å². The van der Waals surface area contributed by atoms with Crippen LogP contribution >= 0.6 is 0 Å². The summed E-state index contributed by atoms with van der Waals surface area (Å²) in [4.78, 5) is 41.6. The lowest BCUT2D eigenvalue weighted by Gasteiger charge is -2.21. The standard InChI is InChI=1S/C31H32F3N3O4/c1-17(2)13-26(31(40)41-20-5-3-4-6-20)35-12-11-18-14-24(34)28-25(15-18)36-30-22(9-10-27(38)37(28)30)29(39)21-8-7-19(32)16-23(21)33/h7-10,14-17,20,26,35-36H,3-6,11-13H2,1-2H3/t26-/m0/s1. The number of ether oxygens (including phenoxy) is 1. The first-order valence-corrected chi connectivity index (χ1v) is 13.9. The van der Waals surface area contributed by atoms with Crippen molar-refractivity contribution in [2.45, 2.75) is 64.5 Å². The topological polar surface area (TPSA) is 92.7 Å². The number of carbonyl (C=O) groups excluding carboxylic acids is 2. The first-order chi connectivity index (χ1) is 19.6. The summed E-state index contributed by atoms with van der Waals surface area (Å²) in [5.41, 5.74) is -0.182. The third-order valence-corrected chi connectivity index (χ3v) is 7.49. The molecule has 1 atom stereocenters. The Labute approximate surface area is 234 Å². The average Bonchev–Trinajstić information content (AvgIpc) is 3.56. The monoisotopic (exact) mass is 567 g/mol. The molecule has 2 heterocycles. The lowest BCUT2D eigenvalue weighted by Crippen LogP contribution is -2.41. The number of H-pyrrole nitrogens is 1. The minimum absolute atomic E-state index is 0.00190. The van der Waals surface area contributed by atoms with Crippen molar-refractivity contribution in [3.05, 3.63) is 87.0 Å². The number of esters is 1. The molecule has 2 aromatic heterocycles. The Morgan fingerprint density at radius 3 is 2.46 bits per heavy atom. The predicted molar refractivity (Wildman–Crippen MR) is 149 cm³/mol. The molecule has 5 rings (SSSR count). The van der Waals surface area contributed by atoms with Gasteiger partial charge in [0.15, 0.2) is 5.78 Å². The molecule has 2 aromatic carbocycles. The highest BCUT2D eigenvalue weighted by molar-refractivity contribution is 6.13. The van der Waals surface area contributed by atoms with Crippen molar-refractivity contribution in [3.8, 4) is 0 Å². The van der Waals surface area contributed by atoms with Crippen LogP contribution in [0.2, 0.25) is 0 Å². The zero-order valence-electron chi connectivity index (χ0n) is 22.9. The van der Waals surface area contributed by atoms with E-state index >= 15 is 4.39 Å². The average molecular weight is 568 g/mol. The van der Waals surface area contributed by atoms with Gasteiger partial charge < -0.3 is 15.0 Å². The maximum absolute atomic E-state index is 15.4. The molecule has 7 nitrogen and oxygen atoms in total. The lowest BCUT2D eigenvalue weighted by molar-refractivity contribution is -0.151. The second kappa shape index (κ2) is 11.9. The summed E-state index contributed by atoms with van der Waals surface area (Å²) >= 11 is 0. The molecule has 0 bridgehead atoms. The summed E-state index contributed by atoms with van der Waals surface area (Å²) in [6.07, 6.45) is 4.86. The number of carbonyl (C=O) groups is 2. The van der Waals surface area contributed by atoms with Gasteiger partial charge in [-0.15, -0.1) is 0 Å². The molecule has 216 valence electrons. The number of nitrogens with one attached hydrogen (secondary N) is 2. The van der Waals surface area contributed by atoms with Crippen molar-refractivity contribution in [2.75, 3.05) is 6.54 Å². The SMILES string of the molecule is CC(C)C[C@H](NCCc1cc(F)c2c(c1)[nH]c1c(C(=O)c3ccc(F)cc3F)ccc(=O)n12)C(=O)OC1CCCC1. The van der Waals surface area contributed by atoms with Crippen LogP contribution < -0.4 is 10.9 Å². The summed E-state index contributed by atoms with van der Waals surface area (Å²) in [6, 6.07) is 7.44. The van der Waals surface area contributed by atoms with Gasteiger partial charge in [-0.3, -0.25) is 18.8 Å². The van der Waals surface area contributed by atoms with Crippen LogP contribution in [0, 0.1) is 23.4 Å². The summed E-state index contributed by atoms with van der Waals surface area (Å²) < 4.78 is 49.9. The number of ketones is 1. The summed E-state index contributed by atoms with van der Waals surface area (Å²) in [5, 5.41) is 3.26. The maximum Gasteiger partial charge on any atom is 0.323 e. The number of halogens is 3. The van der Waals surface area contributed by atoms with Crippen molar-refractivity contribution >= 4 is 28.4 Å². The molecule has 1 aliphatic rings. The number of aromatic amines is 1. The third kappa shape index (κ3) is 6.07. The molecule has 0 spiro atoms. The fraction of sp³-hybridized carbons (Fsp3) is 0.387. The Morgan fingerprint density at radius 1 is 1.02 bits per heavy atom. The first-order valence-electron chi connectivity index (χ1n) is 13.9. The summed E-state index contributed by atoms with van der Waals surface area (Å²) in [7, 11) is 0. The second-order valence-corrected chi connectivity index (χ2v) is 11.1. The van der Waals surface area contributed by atoms with Gasteiger partial charge in [0.1, 0.15) is 40.8 Å². The quantitative estimate of drug-likeness (QED) is 0.196. The van der Waals surface area contributed by atoms with Gasteiger partial charge in [-0.2, -0.15) is 0 Å². The van der Waals surface area contributed by atoms with Crippen molar-refractivity contribution in [1.29, 1.82) is 0 Å². The van der Waals surface area contributed by atoms with E-state index in [-0.39, 0.29) is 45.8 Å². The number of hydrogen-bond donors (Lipinski definition) is 2. The number of nitrogens with zero attached hydrogens (tertiary/aromatic N) is 1.